The van der Waals surface area contributed by atoms with Crippen molar-refractivity contribution in [2.45, 2.75) is 43.7 Å². The lowest BCUT2D eigenvalue weighted by atomic mass is 9.73. The van der Waals surface area contributed by atoms with E-state index in [1.54, 1.807) is 0 Å². The maximum Gasteiger partial charge on any atom is 0.0482 e. The van der Waals surface area contributed by atoms with Gasteiger partial charge >= 0.3 is 0 Å². The second kappa shape index (κ2) is 5.60. The number of benzene rings is 1. The minimum Gasteiger partial charge on any atom is -0.322 e. The number of hydrogen-bond acceptors (Lipinski definition) is 2. The fourth-order valence-corrected chi connectivity index (χ4v) is 3.41. The van der Waals surface area contributed by atoms with Crippen LogP contribution in [0.25, 0.3) is 0 Å². The molecule has 100 valence electrons. The molecule has 1 aromatic rings. The van der Waals surface area contributed by atoms with E-state index < -0.39 is 0 Å². The molecule has 1 aliphatic rings. The van der Waals surface area contributed by atoms with Crippen molar-refractivity contribution in [2.75, 3.05) is 14.1 Å². The van der Waals surface area contributed by atoms with Gasteiger partial charge < -0.3 is 10.6 Å². The van der Waals surface area contributed by atoms with Gasteiger partial charge in [-0.05, 0) is 44.6 Å². The molecule has 1 unspecified atom stereocenters. The van der Waals surface area contributed by atoms with Crippen LogP contribution < -0.4 is 5.73 Å². The molecule has 0 saturated heterocycles. The maximum atomic E-state index is 6.57. The van der Waals surface area contributed by atoms with Gasteiger partial charge in [-0.25, -0.2) is 0 Å². The molecule has 18 heavy (non-hydrogen) atoms. The van der Waals surface area contributed by atoms with Crippen LogP contribution in [0.4, 0.5) is 0 Å². The number of rotatable bonds is 3. The minimum absolute atomic E-state index is 0.0338. The highest BCUT2D eigenvalue weighted by molar-refractivity contribution is 6.30. The minimum atomic E-state index is 0.0338. The highest BCUT2D eigenvalue weighted by Gasteiger charge is 2.40. The normalized spacial score (nSPS) is 20.9. The van der Waals surface area contributed by atoms with Gasteiger partial charge in [-0.2, -0.15) is 0 Å². The van der Waals surface area contributed by atoms with Gasteiger partial charge in [0.2, 0.25) is 0 Å². The van der Waals surface area contributed by atoms with Crippen LogP contribution >= 0.6 is 11.6 Å². The molecule has 0 heterocycles. The van der Waals surface area contributed by atoms with Gasteiger partial charge in [-0.15, -0.1) is 0 Å². The number of halogens is 1. The van der Waals surface area contributed by atoms with Crippen molar-refractivity contribution < 1.29 is 0 Å². The summed E-state index contributed by atoms with van der Waals surface area (Å²) in [5.74, 6) is 0. The zero-order chi connectivity index (χ0) is 13.2. The first-order chi connectivity index (χ1) is 8.56. The molecule has 0 bridgehead atoms. The fourth-order valence-electron chi connectivity index (χ4n) is 3.21. The third kappa shape index (κ3) is 2.56. The van der Waals surface area contributed by atoms with Gasteiger partial charge in [0.15, 0.2) is 0 Å². The Hall–Kier alpha value is -0.570. The lowest BCUT2D eigenvalue weighted by Crippen LogP contribution is -2.53. The van der Waals surface area contributed by atoms with Crippen molar-refractivity contribution in [3.63, 3.8) is 0 Å². The first-order valence-electron chi connectivity index (χ1n) is 6.75. The monoisotopic (exact) mass is 266 g/mol. The summed E-state index contributed by atoms with van der Waals surface area (Å²) < 4.78 is 0. The number of hydrogen-bond donors (Lipinski definition) is 1. The average molecular weight is 267 g/mol. The van der Waals surface area contributed by atoms with E-state index in [1.807, 2.05) is 18.2 Å². The largest absolute Gasteiger partial charge is 0.322 e. The van der Waals surface area contributed by atoms with Crippen LogP contribution in [-0.2, 0) is 0 Å². The summed E-state index contributed by atoms with van der Waals surface area (Å²) in [5, 5.41) is 0.771. The molecule has 0 aliphatic heterocycles. The lowest BCUT2D eigenvalue weighted by molar-refractivity contribution is 0.0713. The average Bonchev–Trinajstić information content (AvgIpc) is 2.38. The maximum absolute atomic E-state index is 6.57. The second-order valence-electron chi connectivity index (χ2n) is 5.59. The molecule has 1 aromatic carbocycles. The van der Waals surface area contributed by atoms with Crippen LogP contribution in [0.2, 0.25) is 5.02 Å². The van der Waals surface area contributed by atoms with Gasteiger partial charge in [-0.1, -0.05) is 43.0 Å². The Bertz CT molecular complexity index is 397. The molecule has 0 radical (unpaired) electrons. The van der Waals surface area contributed by atoms with E-state index in [2.05, 4.69) is 25.1 Å². The van der Waals surface area contributed by atoms with Crippen molar-refractivity contribution in [1.29, 1.82) is 0 Å². The molecule has 0 aromatic heterocycles. The van der Waals surface area contributed by atoms with Gasteiger partial charge in [0.1, 0.15) is 0 Å². The predicted molar refractivity (Wildman–Crippen MR) is 77.9 cm³/mol. The van der Waals surface area contributed by atoms with Crippen molar-refractivity contribution in [2.24, 2.45) is 5.73 Å². The molecule has 0 spiro atoms. The summed E-state index contributed by atoms with van der Waals surface area (Å²) in [6, 6.07) is 8.03. The summed E-state index contributed by atoms with van der Waals surface area (Å²) in [6.07, 6.45) is 6.22. The Labute approximate surface area is 115 Å². The van der Waals surface area contributed by atoms with E-state index in [0.29, 0.717) is 0 Å². The summed E-state index contributed by atoms with van der Waals surface area (Å²) in [5.41, 5.74) is 7.81. The molecule has 3 heteroatoms. The van der Waals surface area contributed by atoms with E-state index in [1.165, 1.54) is 32.1 Å². The van der Waals surface area contributed by atoms with Crippen LogP contribution in [0.5, 0.6) is 0 Å². The smallest absolute Gasteiger partial charge is 0.0482 e. The molecule has 1 atom stereocenters. The Morgan fingerprint density at radius 3 is 2.44 bits per heavy atom. The standard InChI is InChI=1S/C15H23ClN2/c1-18(2)15(9-4-3-5-10-15)14(17)12-7-6-8-13(16)11-12/h6-8,11,14H,3-5,9-10,17H2,1-2H3. The van der Waals surface area contributed by atoms with Crippen molar-refractivity contribution >= 4 is 11.6 Å². The Morgan fingerprint density at radius 1 is 1.22 bits per heavy atom. The second-order valence-corrected chi connectivity index (χ2v) is 6.03. The van der Waals surface area contributed by atoms with E-state index >= 15 is 0 Å². The zero-order valence-electron chi connectivity index (χ0n) is 11.3. The summed E-state index contributed by atoms with van der Waals surface area (Å²) in [4.78, 5) is 2.32. The highest BCUT2D eigenvalue weighted by Crippen LogP contribution is 2.40. The molecule has 2 N–H and O–H groups in total. The first kappa shape index (κ1) is 13.9. The molecule has 0 amide bonds. The summed E-state index contributed by atoms with van der Waals surface area (Å²) in [7, 11) is 4.30. The van der Waals surface area contributed by atoms with Gasteiger partial charge in [0.25, 0.3) is 0 Å². The summed E-state index contributed by atoms with van der Waals surface area (Å²) in [6.45, 7) is 0. The predicted octanol–water partition coefficient (Wildman–Crippen LogP) is 3.60. The highest BCUT2D eigenvalue weighted by atomic mass is 35.5. The Morgan fingerprint density at radius 2 is 1.89 bits per heavy atom. The third-order valence-electron chi connectivity index (χ3n) is 4.40. The zero-order valence-corrected chi connectivity index (χ0v) is 12.1. The fraction of sp³-hybridized carbons (Fsp3) is 0.600. The molecular formula is C15H23ClN2. The topological polar surface area (TPSA) is 29.3 Å². The number of nitrogens with zero attached hydrogens (tertiary/aromatic N) is 1. The quantitative estimate of drug-likeness (QED) is 0.906. The molecule has 2 nitrogen and oxygen atoms in total. The molecule has 2 rings (SSSR count). The first-order valence-corrected chi connectivity index (χ1v) is 7.12. The molecular weight excluding hydrogens is 244 g/mol. The third-order valence-corrected chi connectivity index (χ3v) is 4.63. The van der Waals surface area contributed by atoms with E-state index in [-0.39, 0.29) is 11.6 Å². The summed E-state index contributed by atoms with van der Waals surface area (Å²) >= 11 is 6.08. The number of nitrogens with two attached hydrogens (primary N) is 1. The van der Waals surface area contributed by atoms with Crippen LogP contribution in [0, 0.1) is 0 Å². The molecule has 1 aliphatic carbocycles. The van der Waals surface area contributed by atoms with E-state index in [9.17, 15) is 0 Å². The molecule has 1 fully saturated rings. The van der Waals surface area contributed by atoms with Crippen LogP contribution in [0.15, 0.2) is 24.3 Å². The Balaban J connectivity index is 2.31. The SMILES string of the molecule is CN(C)C1(C(N)c2cccc(Cl)c2)CCCCC1. The van der Waals surface area contributed by atoms with Crippen LogP contribution in [-0.4, -0.2) is 24.5 Å². The Kier molecular flexibility index (Phi) is 4.31. The number of likely N-dealkylation sites (N-methyl/N-ethyl adjacent to an activating group) is 1. The van der Waals surface area contributed by atoms with Gasteiger partial charge in [0.05, 0.1) is 0 Å². The van der Waals surface area contributed by atoms with Crippen molar-refractivity contribution in [3.05, 3.63) is 34.9 Å². The van der Waals surface area contributed by atoms with Crippen LogP contribution in [0.3, 0.4) is 0 Å². The van der Waals surface area contributed by atoms with Crippen molar-refractivity contribution in [1.82, 2.24) is 4.90 Å². The molecule has 1 saturated carbocycles. The van der Waals surface area contributed by atoms with Gasteiger partial charge in [0, 0.05) is 16.6 Å². The van der Waals surface area contributed by atoms with Crippen LogP contribution in [0.1, 0.15) is 43.7 Å². The van der Waals surface area contributed by atoms with Crippen molar-refractivity contribution in [3.8, 4) is 0 Å². The van der Waals surface area contributed by atoms with Gasteiger partial charge in [-0.3, -0.25) is 0 Å². The van der Waals surface area contributed by atoms with E-state index in [0.717, 1.165) is 10.6 Å². The van der Waals surface area contributed by atoms with E-state index in [4.69, 9.17) is 17.3 Å². The lowest BCUT2D eigenvalue weighted by Gasteiger charge is -2.47.